The molecule has 66 heavy (non-hydrogen) atoms. The number of cyclic esters (lactones) is 1. The molecule has 1 saturated heterocycles. The van der Waals surface area contributed by atoms with Crippen molar-refractivity contribution in [1.82, 2.24) is 0 Å². The Balaban J connectivity index is 2.17. The number of rotatable bonds is 21. The maximum atomic E-state index is 13.7. The highest BCUT2D eigenvalue weighted by Crippen LogP contribution is 2.47. The van der Waals surface area contributed by atoms with E-state index in [9.17, 15) is 59.6 Å². The molecule has 16 nitrogen and oxygen atoms in total. The zero-order valence-corrected chi connectivity index (χ0v) is 40.1. The number of phosphoric ester groups is 1. The maximum Gasteiger partial charge on any atom is 0.472 e. The number of esters is 2. The van der Waals surface area contributed by atoms with Gasteiger partial charge in [-0.25, -0.2) is 4.57 Å². The molecule has 0 amide bonds. The lowest BCUT2D eigenvalue weighted by molar-refractivity contribution is -0.167. The van der Waals surface area contributed by atoms with Crippen LogP contribution in [-0.4, -0.2) is 127 Å². The maximum absolute atomic E-state index is 13.7. The molecule has 378 valence electrons. The lowest BCUT2D eigenvalue weighted by atomic mass is 9.82. The zero-order chi connectivity index (χ0) is 48.7. The first-order valence-electron chi connectivity index (χ1n) is 24.2. The summed E-state index contributed by atoms with van der Waals surface area (Å²) in [6.07, 6.45) is 13.3. The molecule has 0 radical (unpaired) electrons. The van der Waals surface area contributed by atoms with Crippen molar-refractivity contribution in [2.45, 2.75) is 204 Å². The van der Waals surface area contributed by atoms with Crippen LogP contribution in [0.25, 0.3) is 0 Å². The number of hydrogen-bond donors (Lipinski definition) is 8. The van der Waals surface area contributed by atoms with Crippen LogP contribution in [-0.2, 0) is 37.5 Å². The van der Waals surface area contributed by atoms with Crippen molar-refractivity contribution in [3.63, 3.8) is 0 Å². The molecule has 1 heterocycles. The van der Waals surface area contributed by atoms with Crippen LogP contribution in [0.3, 0.4) is 0 Å². The Morgan fingerprint density at radius 2 is 1.39 bits per heavy atom. The number of unbranched alkanes of at least 4 members (excludes halogenated alkanes) is 6. The van der Waals surface area contributed by atoms with Gasteiger partial charge < -0.3 is 50.1 Å². The van der Waals surface area contributed by atoms with Crippen LogP contribution < -0.4 is 0 Å². The van der Waals surface area contributed by atoms with Crippen molar-refractivity contribution in [3.05, 3.63) is 60.8 Å². The first kappa shape index (κ1) is 59.3. The predicted octanol–water partition coefficient (Wildman–Crippen LogP) is 6.31. The molecule has 2 rings (SSSR count). The molecule has 2 aliphatic rings. The van der Waals surface area contributed by atoms with Gasteiger partial charge in [-0.1, -0.05) is 126 Å². The van der Waals surface area contributed by atoms with E-state index in [1.165, 1.54) is 6.08 Å². The molecule has 1 aliphatic heterocycles. The number of aliphatic hydroxyl groups is 7. The van der Waals surface area contributed by atoms with Gasteiger partial charge in [0, 0.05) is 25.2 Å². The third-order valence-corrected chi connectivity index (χ3v) is 12.7. The molecule has 1 unspecified atom stereocenters. The van der Waals surface area contributed by atoms with E-state index >= 15 is 0 Å². The largest absolute Gasteiger partial charge is 0.472 e. The Kier molecular flexibility index (Phi) is 30.9. The molecule has 0 aromatic rings. The number of Topliss-reactive ketones (excluding diaryl/α,β-unsaturated/α-hetero) is 1. The quantitative estimate of drug-likeness (QED) is 0.0271. The summed E-state index contributed by atoms with van der Waals surface area (Å²) >= 11 is 0. The van der Waals surface area contributed by atoms with Crippen LogP contribution >= 0.6 is 7.82 Å². The fourth-order valence-electron chi connectivity index (χ4n) is 7.79. The van der Waals surface area contributed by atoms with Gasteiger partial charge >= 0.3 is 19.8 Å². The van der Waals surface area contributed by atoms with Gasteiger partial charge in [0.15, 0.2) is 6.10 Å². The van der Waals surface area contributed by atoms with E-state index < -0.39 is 112 Å². The van der Waals surface area contributed by atoms with Crippen molar-refractivity contribution >= 4 is 25.5 Å². The number of carbonyl (C=O) groups is 3. The number of fused-ring (bicyclic) bond motifs is 4. The summed E-state index contributed by atoms with van der Waals surface area (Å²) in [5.74, 6) is -5.04. The van der Waals surface area contributed by atoms with Crippen molar-refractivity contribution < 1.29 is 78.1 Å². The second-order valence-corrected chi connectivity index (χ2v) is 18.8. The first-order chi connectivity index (χ1) is 31.6. The molecule has 0 aromatic heterocycles. The number of ether oxygens (including phenoxy) is 2. The average molecular weight is 957 g/mol. The van der Waals surface area contributed by atoms with Crippen LogP contribution in [0.1, 0.15) is 149 Å². The van der Waals surface area contributed by atoms with E-state index in [1.54, 1.807) is 0 Å². The molecule has 2 fully saturated rings. The monoisotopic (exact) mass is 957 g/mol. The molecule has 0 spiro atoms. The smallest absolute Gasteiger partial charge is 0.462 e. The van der Waals surface area contributed by atoms with E-state index in [2.05, 4.69) is 55.5 Å². The summed E-state index contributed by atoms with van der Waals surface area (Å²) in [6, 6.07) is 0. The molecule has 2 bridgehead atoms. The minimum atomic E-state index is -5.46. The normalized spacial score (nSPS) is 31.4. The zero-order valence-electron chi connectivity index (χ0n) is 39.2. The van der Waals surface area contributed by atoms with E-state index in [4.69, 9.17) is 18.5 Å². The Morgan fingerprint density at radius 3 is 2.08 bits per heavy atom. The number of ketones is 1. The lowest BCUT2D eigenvalue weighted by Crippen LogP contribution is -2.55. The van der Waals surface area contributed by atoms with Gasteiger partial charge in [0.05, 0.1) is 36.9 Å². The number of aliphatic hydroxyl groups excluding tert-OH is 7. The van der Waals surface area contributed by atoms with Crippen LogP contribution in [0.2, 0.25) is 0 Å². The molecule has 0 aromatic carbocycles. The average Bonchev–Trinajstić information content (AvgIpc) is 3.28. The summed E-state index contributed by atoms with van der Waals surface area (Å²) in [4.78, 5) is 50.2. The van der Waals surface area contributed by atoms with E-state index in [0.717, 1.165) is 70.3 Å². The van der Waals surface area contributed by atoms with Crippen molar-refractivity contribution in [2.24, 2.45) is 11.8 Å². The molecule has 12 atom stereocenters. The minimum Gasteiger partial charge on any atom is -0.462 e. The predicted molar refractivity (Wildman–Crippen MR) is 250 cm³/mol. The summed E-state index contributed by atoms with van der Waals surface area (Å²) in [6.45, 7) is 2.68. The second kappa shape index (κ2) is 34.4. The first-order valence-corrected chi connectivity index (χ1v) is 25.7. The molecule has 17 heteroatoms. The van der Waals surface area contributed by atoms with Gasteiger partial charge in [0.2, 0.25) is 0 Å². The Bertz CT molecular complexity index is 1560. The Morgan fingerprint density at radius 1 is 0.758 bits per heavy atom. The molecular formula is C49H81O16P. The highest BCUT2D eigenvalue weighted by atomic mass is 31.2. The third-order valence-electron chi connectivity index (χ3n) is 11.7. The molecule has 1 aliphatic carbocycles. The van der Waals surface area contributed by atoms with Gasteiger partial charge in [-0.05, 0) is 64.2 Å². The Hall–Kier alpha value is -2.86. The third kappa shape index (κ3) is 24.4. The SMILES string of the molecule is CC/C=C\C/C=C\C/C=C\C/C=C\CCCCCCC(=O)O[C@@H]1COC(=O)CCCCCC[C@@H]2[C@@H](O)[C@H](O)[C@@H](O)[C@H](OP(=O)(O)OC1)[C@H](O)[C@H](O)[C@@H](C=C[C@@H](O)CCCCC)C(=O)C[C@@H]2O. The Labute approximate surface area is 392 Å². The van der Waals surface area contributed by atoms with Crippen molar-refractivity contribution in [1.29, 1.82) is 0 Å². The lowest BCUT2D eigenvalue weighted by Gasteiger charge is -2.37. The van der Waals surface area contributed by atoms with Crippen LogP contribution in [0.5, 0.6) is 0 Å². The van der Waals surface area contributed by atoms with Crippen LogP contribution in [0, 0.1) is 11.8 Å². The van der Waals surface area contributed by atoms with Crippen molar-refractivity contribution in [3.8, 4) is 0 Å². The van der Waals surface area contributed by atoms with Gasteiger partial charge in [-0.15, -0.1) is 0 Å². The fourth-order valence-corrected chi connectivity index (χ4v) is 8.77. The highest BCUT2D eigenvalue weighted by molar-refractivity contribution is 7.47. The standard InChI is InChI=1S/C49H81O16P/c1-3-5-7-8-9-10-11-12-13-14-15-16-17-18-19-20-26-30-43(54)64-37-34-62-42(53)29-25-22-21-24-28-38-40(51)33-41(52)39(32-31-36(50)27-23-6-4-2)45(56)47(58)49(48(59)46(57)44(38)55)65-66(60,61)63-35-37/h5,7,9-10,12-13,15-16,31-32,36-40,44-51,55-59H,3-4,6,8,11,14,17-30,33-35H2,1-2H3,(H,60,61)/b7-5-,10-9-,13-12-,16-15-,32-31?/t36-,37+,38-,39-,40-,44+,45+,46-,47+,48+,49+/m0/s1. The molecule has 8 N–H and O–H groups in total. The summed E-state index contributed by atoms with van der Waals surface area (Å²) in [7, 11) is -5.46. The number of hydrogen-bond acceptors (Lipinski definition) is 15. The highest BCUT2D eigenvalue weighted by Gasteiger charge is 2.49. The summed E-state index contributed by atoms with van der Waals surface area (Å²) < 4.78 is 34.7. The minimum absolute atomic E-state index is 0.0000577. The van der Waals surface area contributed by atoms with Crippen LogP contribution in [0.4, 0.5) is 0 Å². The fraction of sp³-hybridized carbons (Fsp3) is 0.735. The second-order valence-electron chi connectivity index (χ2n) is 17.4. The van der Waals surface area contributed by atoms with Crippen molar-refractivity contribution in [2.75, 3.05) is 13.2 Å². The van der Waals surface area contributed by atoms with Gasteiger partial charge in [0.1, 0.15) is 36.8 Å². The number of allylic oxidation sites excluding steroid dienone is 8. The van der Waals surface area contributed by atoms with Crippen LogP contribution in [0.15, 0.2) is 60.8 Å². The summed E-state index contributed by atoms with van der Waals surface area (Å²) in [5.41, 5.74) is 0. The summed E-state index contributed by atoms with van der Waals surface area (Å²) in [5, 5.41) is 78.6. The van der Waals surface area contributed by atoms with E-state index in [1.807, 2.05) is 6.92 Å². The molecule has 1 saturated carbocycles. The van der Waals surface area contributed by atoms with Gasteiger partial charge in [-0.2, -0.15) is 0 Å². The van der Waals surface area contributed by atoms with Gasteiger partial charge in [-0.3, -0.25) is 23.4 Å². The number of carbonyl (C=O) groups excluding carboxylic acids is 3. The molecular weight excluding hydrogens is 875 g/mol. The van der Waals surface area contributed by atoms with E-state index in [-0.39, 0.29) is 19.3 Å². The number of phosphoric acid groups is 1. The van der Waals surface area contributed by atoms with E-state index in [0.29, 0.717) is 44.9 Å². The van der Waals surface area contributed by atoms with Gasteiger partial charge in [0.25, 0.3) is 0 Å². The topological polar surface area (TPSA) is 267 Å².